The lowest BCUT2D eigenvalue weighted by Gasteiger charge is -2.32. The van der Waals surface area contributed by atoms with Crippen molar-refractivity contribution in [2.75, 3.05) is 39.3 Å². The van der Waals surface area contributed by atoms with Crippen LogP contribution < -0.4 is 0 Å². The second-order valence-electron chi connectivity index (χ2n) is 6.07. The standard InChI is InChI=1S/C15H25N5O2/c1-2-5-13-16-15(18-17-13)12-10-19(8-9-22-12)11-14(21)20-6-3-4-7-20/h12H,2-11H2,1H3,(H,16,17,18)/t12-/m1/s1. The smallest absolute Gasteiger partial charge is 0.236 e. The van der Waals surface area contributed by atoms with Crippen LogP contribution in [-0.2, 0) is 16.0 Å². The highest BCUT2D eigenvalue weighted by Crippen LogP contribution is 2.19. The number of carbonyl (C=O) groups excluding carboxylic acids is 1. The Morgan fingerprint density at radius 2 is 2.18 bits per heavy atom. The predicted molar refractivity (Wildman–Crippen MR) is 81.3 cm³/mol. The first-order valence-corrected chi connectivity index (χ1v) is 8.29. The third-order valence-electron chi connectivity index (χ3n) is 4.29. The Kier molecular flexibility index (Phi) is 5.04. The van der Waals surface area contributed by atoms with Crippen molar-refractivity contribution in [1.82, 2.24) is 25.0 Å². The van der Waals surface area contributed by atoms with Gasteiger partial charge in [0.15, 0.2) is 5.82 Å². The molecule has 1 atom stereocenters. The number of morpholine rings is 1. The molecule has 0 saturated carbocycles. The van der Waals surface area contributed by atoms with Crippen molar-refractivity contribution in [1.29, 1.82) is 0 Å². The molecule has 2 aliphatic rings. The van der Waals surface area contributed by atoms with Crippen LogP contribution in [0.2, 0.25) is 0 Å². The highest BCUT2D eigenvalue weighted by molar-refractivity contribution is 5.78. The van der Waals surface area contributed by atoms with E-state index in [9.17, 15) is 4.79 Å². The number of nitrogens with zero attached hydrogens (tertiary/aromatic N) is 4. The average molecular weight is 307 g/mol. The first kappa shape index (κ1) is 15.4. The van der Waals surface area contributed by atoms with E-state index < -0.39 is 0 Å². The van der Waals surface area contributed by atoms with E-state index >= 15 is 0 Å². The fourth-order valence-corrected chi connectivity index (χ4v) is 3.06. The van der Waals surface area contributed by atoms with Gasteiger partial charge in [0, 0.05) is 32.6 Å². The molecule has 0 aliphatic carbocycles. The summed E-state index contributed by atoms with van der Waals surface area (Å²) in [6.45, 7) is 6.51. The number of amides is 1. The molecule has 1 N–H and O–H groups in total. The van der Waals surface area contributed by atoms with Crippen molar-refractivity contribution < 1.29 is 9.53 Å². The quantitative estimate of drug-likeness (QED) is 0.869. The molecule has 0 aromatic carbocycles. The number of aryl methyl sites for hydroxylation is 1. The van der Waals surface area contributed by atoms with E-state index in [-0.39, 0.29) is 12.0 Å². The van der Waals surface area contributed by atoms with Gasteiger partial charge < -0.3 is 9.64 Å². The zero-order chi connectivity index (χ0) is 15.4. The van der Waals surface area contributed by atoms with E-state index in [0.29, 0.717) is 25.5 Å². The average Bonchev–Trinajstić information content (AvgIpc) is 3.19. The molecular formula is C15H25N5O2. The molecule has 1 aromatic rings. The summed E-state index contributed by atoms with van der Waals surface area (Å²) in [6.07, 6.45) is 4.07. The van der Waals surface area contributed by atoms with Crippen molar-refractivity contribution in [3.63, 3.8) is 0 Å². The molecule has 1 aromatic heterocycles. The number of ether oxygens (including phenoxy) is 1. The fraction of sp³-hybridized carbons (Fsp3) is 0.800. The van der Waals surface area contributed by atoms with Gasteiger partial charge in [0.2, 0.25) is 5.91 Å². The van der Waals surface area contributed by atoms with Crippen LogP contribution in [0.1, 0.15) is 43.9 Å². The topological polar surface area (TPSA) is 74.3 Å². The highest BCUT2D eigenvalue weighted by Gasteiger charge is 2.28. The summed E-state index contributed by atoms with van der Waals surface area (Å²) < 4.78 is 5.78. The lowest BCUT2D eigenvalue weighted by Crippen LogP contribution is -2.45. The lowest BCUT2D eigenvalue weighted by molar-refractivity contribution is -0.133. The van der Waals surface area contributed by atoms with Gasteiger partial charge in [-0.1, -0.05) is 6.92 Å². The van der Waals surface area contributed by atoms with E-state index in [1.165, 1.54) is 0 Å². The van der Waals surface area contributed by atoms with Crippen LogP contribution in [0.3, 0.4) is 0 Å². The predicted octanol–water partition coefficient (Wildman–Crippen LogP) is 0.753. The second-order valence-corrected chi connectivity index (χ2v) is 6.07. The number of aromatic amines is 1. The molecule has 0 radical (unpaired) electrons. The number of nitrogens with one attached hydrogen (secondary N) is 1. The van der Waals surface area contributed by atoms with Gasteiger partial charge >= 0.3 is 0 Å². The maximum Gasteiger partial charge on any atom is 0.236 e. The highest BCUT2D eigenvalue weighted by atomic mass is 16.5. The van der Waals surface area contributed by atoms with Gasteiger partial charge in [0.25, 0.3) is 0 Å². The number of carbonyl (C=O) groups is 1. The van der Waals surface area contributed by atoms with Crippen molar-refractivity contribution in [2.45, 2.75) is 38.7 Å². The first-order valence-electron chi connectivity index (χ1n) is 8.29. The summed E-state index contributed by atoms with van der Waals surface area (Å²) in [5.74, 6) is 1.85. The van der Waals surface area contributed by atoms with Gasteiger partial charge in [0.05, 0.1) is 13.2 Å². The lowest BCUT2D eigenvalue weighted by atomic mass is 10.2. The van der Waals surface area contributed by atoms with Gasteiger partial charge in [-0.25, -0.2) is 4.98 Å². The molecule has 3 heterocycles. The third-order valence-corrected chi connectivity index (χ3v) is 4.29. The molecule has 2 aliphatic heterocycles. The second kappa shape index (κ2) is 7.19. The van der Waals surface area contributed by atoms with E-state index in [1.807, 2.05) is 4.90 Å². The van der Waals surface area contributed by atoms with Crippen LogP contribution in [0.5, 0.6) is 0 Å². The summed E-state index contributed by atoms with van der Waals surface area (Å²) in [5.41, 5.74) is 0. The summed E-state index contributed by atoms with van der Waals surface area (Å²) in [5, 5.41) is 7.24. The van der Waals surface area contributed by atoms with Crippen LogP contribution in [-0.4, -0.2) is 70.2 Å². The van der Waals surface area contributed by atoms with E-state index in [2.05, 4.69) is 27.0 Å². The van der Waals surface area contributed by atoms with Crippen LogP contribution >= 0.6 is 0 Å². The Morgan fingerprint density at radius 3 is 2.95 bits per heavy atom. The fourth-order valence-electron chi connectivity index (χ4n) is 3.06. The first-order chi connectivity index (χ1) is 10.8. The van der Waals surface area contributed by atoms with Crippen molar-refractivity contribution >= 4 is 5.91 Å². The van der Waals surface area contributed by atoms with Crippen molar-refractivity contribution in [3.05, 3.63) is 11.6 Å². The Bertz CT molecular complexity index is 498. The summed E-state index contributed by atoms with van der Waals surface area (Å²) in [7, 11) is 0. The zero-order valence-corrected chi connectivity index (χ0v) is 13.3. The SMILES string of the molecule is CCCc1nc([C@H]2CN(CC(=O)N3CCCC3)CCO2)n[nH]1. The van der Waals surface area contributed by atoms with Gasteiger partial charge in [0.1, 0.15) is 11.9 Å². The Labute approximate surface area is 131 Å². The number of H-pyrrole nitrogens is 1. The van der Waals surface area contributed by atoms with Crippen LogP contribution in [0, 0.1) is 0 Å². The maximum atomic E-state index is 12.3. The molecule has 0 bridgehead atoms. The van der Waals surface area contributed by atoms with Crippen LogP contribution in [0.15, 0.2) is 0 Å². The molecule has 2 fully saturated rings. The normalized spacial score (nSPS) is 23.1. The number of likely N-dealkylation sites (tertiary alicyclic amines) is 1. The summed E-state index contributed by atoms with van der Waals surface area (Å²) in [4.78, 5) is 20.9. The molecule has 122 valence electrons. The van der Waals surface area contributed by atoms with Crippen molar-refractivity contribution in [3.8, 4) is 0 Å². The molecule has 22 heavy (non-hydrogen) atoms. The Morgan fingerprint density at radius 1 is 1.36 bits per heavy atom. The molecule has 2 saturated heterocycles. The molecule has 0 spiro atoms. The number of hydrogen-bond donors (Lipinski definition) is 1. The van der Waals surface area contributed by atoms with E-state index in [0.717, 1.165) is 51.1 Å². The van der Waals surface area contributed by atoms with Gasteiger partial charge in [-0.3, -0.25) is 14.8 Å². The van der Waals surface area contributed by atoms with Gasteiger partial charge in [-0.05, 0) is 19.3 Å². The minimum absolute atomic E-state index is 0.137. The molecular weight excluding hydrogens is 282 g/mol. The largest absolute Gasteiger partial charge is 0.367 e. The summed E-state index contributed by atoms with van der Waals surface area (Å²) in [6, 6.07) is 0. The minimum Gasteiger partial charge on any atom is -0.367 e. The van der Waals surface area contributed by atoms with Crippen molar-refractivity contribution in [2.24, 2.45) is 0 Å². The van der Waals surface area contributed by atoms with Crippen LogP contribution in [0.25, 0.3) is 0 Å². The summed E-state index contributed by atoms with van der Waals surface area (Å²) >= 11 is 0. The molecule has 0 unspecified atom stereocenters. The van der Waals surface area contributed by atoms with Gasteiger partial charge in [-0.15, -0.1) is 0 Å². The van der Waals surface area contributed by atoms with E-state index in [4.69, 9.17) is 4.74 Å². The molecule has 3 rings (SSSR count). The maximum absolute atomic E-state index is 12.3. The Balaban J connectivity index is 1.55. The number of hydrogen-bond acceptors (Lipinski definition) is 5. The van der Waals surface area contributed by atoms with E-state index in [1.54, 1.807) is 0 Å². The van der Waals surface area contributed by atoms with Crippen LogP contribution in [0.4, 0.5) is 0 Å². The number of aromatic nitrogens is 3. The zero-order valence-electron chi connectivity index (χ0n) is 13.3. The molecule has 7 nitrogen and oxygen atoms in total. The van der Waals surface area contributed by atoms with Gasteiger partial charge in [-0.2, -0.15) is 5.10 Å². The Hall–Kier alpha value is -1.47. The number of rotatable bonds is 5. The third kappa shape index (κ3) is 3.64. The monoisotopic (exact) mass is 307 g/mol. The molecule has 1 amide bonds. The molecule has 7 heteroatoms. The minimum atomic E-state index is -0.137.